The summed E-state index contributed by atoms with van der Waals surface area (Å²) in [5.74, 6) is 1.26. The van der Waals surface area contributed by atoms with Crippen LogP contribution in [-0.4, -0.2) is 52.1 Å². The Balaban J connectivity index is 1.35. The van der Waals surface area contributed by atoms with Gasteiger partial charge in [0.2, 0.25) is 11.9 Å². The second-order valence-electron chi connectivity index (χ2n) is 8.05. The van der Waals surface area contributed by atoms with Gasteiger partial charge in [0, 0.05) is 18.8 Å². The molecule has 1 fully saturated rings. The molecule has 4 rings (SSSR count). The van der Waals surface area contributed by atoms with Crippen LogP contribution in [0, 0.1) is 0 Å². The number of ether oxygens (including phenoxy) is 1. The number of unbranched alkanes of at least 4 members (excludes halogenated alkanes) is 1. The summed E-state index contributed by atoms with van der Waals surface area (Å²) in [5, 5.41) is 12.3. The highest BCUT2D eigenvalue weighted by Crippen LogP contribution is 2.26. The van der Waals surface area contributed by atoms with E-state index in [1.54, 1.807) is 30.5 Å². The molecule has 3 aromatic rings. The van der Waals surface area contributed by atoms with Gasteiger partial charge in [-0.3, -0.25) is 9.36 Å². The van der Waals surface area contributed by atoms with Gasteiger partial charge in [-0.05, 0) is 55.7 Å². The summed E-state index contributed by atoms with van der Waals surface area (Å²) in [6.45, 7) is 4.85. The lowest BCUT2D eigenvalue weighted by Crippen LogP contribution is -2.22. The van der Waals surface area contributed by atoms with Crippen LogP contribution in [0.3, 0.4) is 0 Å². The van der Waals surface area contributed by atoms with Crippen molar-refractivity contribution in [2.75, 3.05) is 35.7 Å². The number of carbonyl (C=O) groups excluding carboxylic acids is 2. The minimum atomic E-state index is -0.355. The Morgan fingerprint density at radius 1 is 1.15 bits per heavy atom. The molecular formula is C24H29N5O4S. The summed E-state index contributed by atoms with van der Waals surface area (Å²) in [5.41, 5.74) is 1.08. The zero-order chi connectivity index (χ0) is 23.8. The molecule has 1 aliphatic heterocycles. The van der Waals surface area contributed by atoms with Gasteiger partial charge >= 0.3 is 5.97 Å². The third kappa shape index (κ3) is 6.19. The van der Waals surface area contributed by atoms with Crippen LogP contribution in [0.4, 0.5) is 11.6 Å². The summed E-state index contributed by atoms with van der Waals surface area (Å²) in [6.07, 6.45) is 5.72. The zero-order valence-corrected chi connectivity index (χ0v) is 20.1. The molecule has 1 amide bonds. The van der Waals surface area contributed by atoms with Gasteiger partial charge in [0.05, 0.1) is 30.7 Å². The summed E-state index contributed by atoms with van der Waals surface area (Å²) >= 11 is 1.33. The molecule has 1 N–H and O–H groups in total. The van der Waals surface area contributed by atoms with Crippen LogP contribution in [0.1, 0.15) is 48.7 Å². The number of hydrogen-bond donors (Lipinski definition) is 1. The van der Waals surface area contributed by atoms with E-state index in [1.165, 1.54) is 11.8 Å². The SMILES string of the molecule is CCCCOC(=O)c1ccc(NC(=O)CSc2nnc(N3CCCC3)n2Cc2ccco2)cc1. The zero-order valence-electron chi connectivity index (χ0n) is 19.2. The number of nitrogens with one attached hydrogen (secondary N) is 1. The lowest BCUT2D eigenvalue weighted by Gasteiger charge is -2.17. The minimum Gasteiger partial charge on any atom is -0.467 e. The monoisotopic (exact) mass is 483 g/mol. The first kappa shape index (κ1) is 23.9. The maximum atomic E-state index is 12.6. The minimum absolute atomic E-state index is 0.168. The average Bonchev–Trinajstić information content (AvgIpc) is 3.61. The molecule has 1 saturated heterocycles. The van der Waals surface area contributed by atoms with Gasteiger partial charge < -0.3 is 19.4 Å². The van der Waals surface area contributed by atoms with Crippen LogP contribution < -0.4 is 10.2 Å². The van der Waals surface area contributed by atoms with Crippen molar-refractivity contribution in [3.8, 4) is 0 Å². The predicted octanol–water partition coefficient (Wildman–Crippen LogP) is 4.21. The maximum absolute atomic E-state index is 12.6. The molecular weight excluding hydrogens is 454 g/mol. The first-order valence-corrected chi connectivity index (χ1v) is 12.5. The fourth-order valence-corrected chi connectivity index (χ4v) is 4.38. The summed E-state index contributed by atoms with van der Waals surface area (Å²) in [4.78, 5) is 26.8. The molecule has 0 atom stereocenters. The van der Waals surface area contributed by atoms with E-state index in [9.17, 15) is 9.59 Å². The molecule has 0 saturated carbocycles. The predicted molar refractivity (Wildman–Crippen MR) is 130 cm³/mol. The molecule has 0 aliphatic carbocycles. The number of rotatable bonds is 11. The quantitative estimate of drug-likeness (QED) is 0.246. The smallest absolute Gasteiger partial charge is 0.338 e. The van der Waals surface area contributed by atoms with Gasteiger partial charge in [-0.2, -0.15) is 0 Å². The van der Waals surface area contributed by atoms with Gasteiger partial charge in [0.25, 0.3) is 0 Å². The summed E-state index contributed by atoms with van der Waals surface area (Å²) < 4.78 is 12.7. The third-order valence-electron chi connectivity index (χ3n) is 5.45. The van der Waals surface area contributed by atoms with Gasteiger partial charge in [-0.25, -0.2) is 4.79 Å². The Morgan fingerprint density at radius 2 is 1.94 bits per heavy atom. The van der Waals surface area contributed by atoms with E-state index in [1.807, 2.05) is 23.6 Å². The second-order valence-corrected chi connectivity index (χ2v) is 8.99. The molecule has 2 aromatic heterocycles. The number of anilines is 2. The topological polar surface area (TPSA) is 102 Å². The molecule has 1 aromatic carbocycles. The number of furan rings is 1. The van der Waals surface area contributed by atoms with Crippen molar-refractivity contribution >= 4 is 35.3 Å². The number of thioether (sulfide) groups is 1. The first-order valence-electron chi connectivity index (χ1n) is 11.5. The number of carbonyl (C=O) groups is 2. The molecule has 0 spiro atoms. The largest absolute Gasteiger partial charge is 0.467 e. The van der Waals surface area contributed by atoms with E-state index in [4.69, 9.17) is 9.15 Å². The van der Waals surface area contributed by atoms with Crippen molar-refractivity contribution in [2.45, 2.75) is 44.3 Å². The lowest BCUT2D eigenvalue weighted by molar-refractivity contribution is -0.113. The van der Waals surface area contributed by atoms with Crippen molar-refractivity contribution in [3.05, 3.63) is 54.0 Å². The summed E-state index contributed by atoms with van der Waals surface area (Å²) in [6, 6.07) is 10.5. The highest BCUT2D eigenvalue weighted by atomic mass is 32.2. The van der Waals surface area contributed by atoms with Crippen molar-refractivity contribution in [1.29, 1.82) is 0 Å². The molecule has 0 radical (unpaired) electrons. The van der Waals surface area contributed by atoms with Crippen LogP contribution in [0.5, 0.6) is 0 Å². The van der Waals surface area contributed by atoms with E-state index in [0.29, 0.717) is 29.6 Å². The van der Waals surface area contributed by atoms with Crippen LogP contribution in [-0.2, 0) is 16.1 Å². The Morgan fingerprint density at radius 3 is 2.65 bits per heavy atom. The third-order valence-corrected chi connectivity index (χ3v) is 6.41. The van der Waals surface area contributed by atoms with Crippen molar-refractivity contribution in [2.24, 2.45) is 0 Å². The Labute approximate surface area is 202 Å². The van der Waals surface area contributed by atoms with E-state index in [0.717, 1.165) is 50.5 Å². The number of nitrogens with zero attached hydrogens (tertiary/aromatic N) is 4. The van der Waals surface area contributed by atoms with Crippen molar-refractivity contribution < 1.29 is 18.7 Å². The molecule has 180 valence electrons. The van der Waals surface area contributed by atoms with Crippen LogP contribution in [0.2, 0.25) is 0 Å². The van der Waals surface area contributed by atoms with E-state index >= 15 is 0 Å². The average molecular weight is 484 g/mol. The van der Waals surface area contributed by atoms with Gasteiger partial charge in [-0.15, -0.1) is 10.2 Å². The molecule has 34 heavy (non-hydrogen) atoms. The maximum Gasteiger partial charge on any atom is 0.338 e. The number of esters is 1. The molecule has 0 unspecified atom stereocenters. The number of aromatic nitrogens is 3. The molecule has 3 heterocycles. The van der Waals surface area contributed by atoms with Crippen LogP contribution in [0.25, 0.3) is 0 Å². The second kappa shape index (κ2) is 11.7. The molecule has 0 bridgehead atoms. The molecule has 10 heteroatoms. The van der Waals surface area contributed by atoms with Gasteiger partial charge in [0.15, 0.2) is 5.16 Å². The lowest BCUT2D eigenvalue weighted by atomic mass is 10.2. The van der Waals surface area contributed by atoms with E-state index in [2.05, 4.69) is 20.4 Å². The number of amides is 1. The number of hydrogen-bond acceptors (Lipinski definition) is 8. The molecule has 1 aliphatic rings. The normalized spacial score (nSPS) is 13.3. The Hall–Kier alpha value is -3.27. The fraction of sp³-hybridized carbons (Fsp3) is 0.417. The van der Waals surface area contributed by atoms with Crippen molar-refractivity contribution in [1.82, 2.24) is 14.8 Å². The molecule has 9 nitrogen and oxygen atoms in total. The number of benzene rings is 1. The van der Waals surface area contributed by atoms with E-state index < -0.39 is 0 Å². The Bertz CT molecular complexity index is 1080. The van der Waals surface area contributed by atoms with E-state index in [-0.39, 0.29) is 17.6 Å². The van der Waals surface area contributed by atoms with Crippen molar-refractivity contribution in [3.63, 3.8) is 0 Å². The van der Waals surface area contributed by atoms with Crippen LogP contribution in [0.15, 0.2) is 52.2 Å². The highest BCUT2D eigenvalue weighted by Gasteiger charge is 2.22. The highest BCUT2D eigenvalue weighted by molar-refractivity contribution is 7.99. The Kier molecular flexibility index (Phi) is 8.24. The fourth-order valence-electron chi connectivity index (χ4n) is 3.64. The van der Waals surface area contributed by atoms with Gasteiger partial charge in [-0.1, -0.05) is 25.1 Å². The van der Waals surface area contributed by atoms with Crippen LogP contribution >= 0.6 is 11.8 Å². The van der Waals surface area contributed by atoms with Gasteiger partial charge in [0.1, 0.15) is 5.76 Å². The first-order chi connectivity index (χ1) is 16.6. The standard InChI is InChI=1S/C24H29N5O4S/c1-2-3-14-33-22(31)18-8-10-19(11-9-18)25-21(30)17-34-24-27-26-23(28-12-4-5-13-28)29(24)16-20-7-6-15-32-20/h6-11,15H,2-5,12-14,16-17H2,1H3,(H,25,30). The summed E-state index contributed by atoms with van der Waals surface area (Å²) in [7, 11) is 0.